The fourth-order valence-electron chi connectivity index (χ4n) is 1.86. The molecule has 0 radical (unpaired) electrons. The number of hydrogen-bond acceptors (Lipinski definition) is 3. The molecule has 0 fully saturated rings. The third-order valence-electron chi connectivity index (χ3n) is 2.96. The number of benzene rings is 1. The van der Waals surface area contributed by atoms with E-state index < -0.39 is 5.97 Å². The number of nitrogens with zero attached hydrogens (tertiary/aromatic N) is 1. The SMILES string of the molecule is COc1ccccc1CCN(C)CC(C)C(=O)O. The van der Waals surface area contributed by atoms with Crippen molar-refractivity contribution in [1.29, 1.82) is 0 Å². The van der Waals surface area contributed by atoms with E-state index in [1.165, 1.54) is 0 Å². The summed E-state index contributed by atoms with van der Waals surface area (Å²) < 4.78 is 5.28. The molecule has 100 valence electrons. The Bertz CT molecular complexity index is 392. The number of carbonyl (C=O) groups is 1. The van der Waals surface area contributed by atoms with Crippen molar-refractivity contribution in [3.05, 3.63) is 29.8 Å². The first-order chi connectivity index (χ1) is 8.54. The standard InChI is InChI=1S/C14H21NO3/c1-11(14(16)17)10-15(2)9-8-12-6-4-5-7-13(12)18-3/h4-7,11H,8-10H2,1-3H3,(H,16,17). The minimum absolute atomic E-state index is 0.340. The minimum atomic E-state index is -0.751. The van der Waals surface area contributed by atoms with Gasteiger partial charge in [0.25, 0.3) is 0 Å². The third-order valence-corrected chi connectivity index (χ3v) is 2.96. The Labute approximate surface area is 108 Å². The quantitative estimate of drug-likeness (QED) is 0.804. The number of carboxylic acids is 1. The Morgan fingerprint density at radius 1 is 1.44 bits per heavy atom. The molecular formula is C14H21NO3. The number of para-hydroxylation sites is 1. The van der Waals surface area contributed by atoms with Crippen LogP contribution in [0.5, 0.6) is 5.75 Å². The fourth-order valence-corrected chi connectivity index (χ4v) is 1.86. The van der Waals surface area contributed by atoms with E-state index in [1.807, 2.05) is 36.2 Å². The number of hydrogen-bond donors (Lipinski definition) is 1. The molecule has 0 saturated heterocycles. The number of carboxylic acid groups (broad SMARTS) is 1. The Kier molecular flexibility index (Phi) is 5.65. The van der Waals surface area contributed by atoms with E-state index in [-0.39, 0.29) is 5.92 Å². The predicted octanol–water partition coefficient (Wildman–Crippen LogP) is 1.89. The van der Waals surface area contributed by atoms with Crippen molar-refractivity contribution in [3.63, 3.8) is 0 Å². The first-order valence-corrected chi connectivity index (χ1v) is 6.07. The van der Waals surface area contributed by atoms with Crippen LogP contribution in [0.15, 0.2) is 24.3 Å². The van der Waals surface area contributed by atoms with Crippen LogP contribution in [-0.2, 0) is 11.2 Å². The van der Waals surface area contributed by atoms with Crippen molar-refractivity contribution in [1.82, 2.24) is 4.90 Å². The van der Waals surface area contributed by atoms with Crippen molar-refractivity contribution < 1.29 is 14.6 Å². The highest BCUT2D eigenvalue weighted by Crippen LogP contribution is 2.17. The molecule has 0 aliphatic heterocycles. The van der Waals surface area contributed by atoms with Gasteiger partial charge in [0.2, 0.25) is 0 Å². The molecule has 0 aliphatic rings. The lowest BCUT2D eigenvalue weighted by Gasteiger charge is -2.19. The van der Waals surface area contributed by atoms with Gasteiger partial charge in [-0.3, -0.25) is 4.79 Å². The summed E-state index contributed by atoms with van der Waals surface area (Å²) in [6.45, 7) is 3.10. The van der Waals surface area contributed by atoms with Gasteiger partial charge in [-0.15, -0.1) is 0 Å². The van der Waals surface area contributed by atoms with Crippen molar-refractivity contribution in [2.75, 3.05) is 27.2 Å². The van der Waals surface area contributed by atoms with Crippen molar-refractivity contribution >= 4 is 5.97 Å². The van der Waals surface area contributed by atoms with Crippen molar-refractivity contribution in [3.8, 4) is 5.75 Å². The summed E-state index contributed by atoms with van der Waals surface area (Å²) in [7, 11) is 3.60. The highest BCUT2D eigenvalue weighted by Gasteiger charge is 2.13. The van der Waals surface area contributed by atoms with Crippen LogP contribution in [-0.4, -0.2) is 43.2 Å². The molecule has 0 spiro atoms. The smallest absolute Gasteiger partial charge is 0.307 e. The molecule has 4 heteroatoms. The van der Waals surface area contributed by atoms with Gasteiger partial charge in [0.1, 0.15) is 5.75 Å². The second-order valence-corrected chi connectivity index (χ2v) is 4.56. The Morgan fingerprint density at radius 3 is 2.72 bits per heavy atom. The van der Waals surface area contributed by atoms with E-state index in [4.69, 9.17) is 9.84 Å². The molecule has 0 aromatic heterocycles. The average molecular weight is 251 g/mol. The number of rotatable bonds is 7. The summed E-state index contributed by atoms with van der Waals surface area (Å²) in [5.41, 5.74) is 1.15. The molecule has 0 bridgehead atoms. The molecule has 0 heterocycles. The van der Waals surface area contributed by atoms with E-state index in [1.54, 1.807) is 14.0 Å². The average Bonchev–Trinajstić information content (AvgIpc) is 2.36. The number of methoxy groups -OCH3 is 1. The summed E-state index contributed by atoms with van der Waals surface area (Å²) in [5, 5.41) is 8.85. The first-order valence-electron chi connectivity index (χ1n) is 6.07. The lowest BCUT2D eigenvalue weighted by molar-refractivity contribution is -0.141. The van der Waals surface area contributed by atoms with E-state index in [9.17, 15) is 4.79 Å². The highest BCUT2D eigenvalue weighted by molar-refractivity contribution is 5.69. The lowest BCUT2D eigenvalue weighted by atomic mass is 10.1. The molecule has 1 atom stereocenters. The molecule has 0 aliphatic carbocycles. The molecule has 0 saturated carbocycles. The normalized spacial score (nSPS) is 12.4. The van der Waals surface area contributed by atoms with E-state index in [2.05, 4.69) is 0 Å². The summed E-state index contributed by atoms with van der Waals surface area (Å²) in [4.78, 5) is 12.8. The summed E-state index contributed by atoms with van der Waals surface area (Å²) >= 11 is 0. The zero-order valence-corrected chi connectivity index (χ0v) is 11.2. The maximum absolute atomic E-state index is 10.8. The third kappa shape index (κ3) is 4.37. The van der Waals surface area contributed by atoms with Crippen LogP contribution < -0.4 is 4.74 Å². The topological polar surface area (TPSA) is 49.8 Å². The zero-order valence-electron chi connectivity index (χ0n) is 11.2. The molecule has 1 rings (SSSR count). The maximum atomic E-state index is 10.8. The van der Waals surface area contributed by atoms with Gasteiger partial charge in [-0.25, -0.2) is 0 Å². The van der Waals surface area contributed by atoms with Crippen LogP contribution in [0.4, 0.5) is 0 Å². The van der Waals surface area contributed by atoms with Gasteiger partial charge >= 0.3 is 5.97 Å². The number of aliphatic carboxylic acids is 1. The second kappa shape index (κ2) is 7.01. The Morgan fingerprint density at radius 2 is 2.11 bits per heavy atom. The van der Waals surface area contributed by atoms with E-state index in [0.717, 1.165) is 24.3 Å². The Hall–Kier alpha value is -1.55. The second-order valence-electron chi connectivity index (χ2n) is 4.56. The number of ether oxygens (including phenoxy) is 1. The van der Waals surface area contributed by atoms with Crippen LogP contribution in [0.3, 0.4) is 0 Å². The van der Waals surface area contributed by atoms with E-state index >= 15 is 0 Å². The maximum Gasteiger partial charge on any atom is 0.307 e. The summed E-state index contributed by atoms with van der Waals surface area (Å²) in [6.07, 6.45) is 0.854. The molecule has 1 aromatic carbocycles. The fraction of sp³-hybridized carbons (Fsp3) is 0.500. The minimum Gasteiger partial charge on any atom is -0.496 e. The number of likely N-dealkylation sites (N-methyl/N-ethyl adjacent to an activating group) is 1. The molecular weight excluding hydrogens is 230 g/mol. The predicted molar refractivity (Wildman–Crippen MR) is 71.0 cm³/mol. The van der Waals surface area contributed by atoms with Crippen molar-refractivity contribution in [2.45, 2.75) is 13.3 Å². The van der Waals surface area contributed by atoms with Crippen LogP contribution in [0.2, 0.25) is 0 Å². The molecule has 18 heavy (non-hydrogen) atoms. The van der Waals surface area contributed by atoms with Crippen LogP contribution in [0.25, 0.3) is 0 Å². The summed E-state index contributed by atoms with van der Waals surface area (Å²) in [6, 6.07) is 7.90. The first kappa shape index (κ1) is 14.5. The van der Waals surface area contributed by atoms with Crippen LogP contribution in [0.1, 0.15) is 12.5 Å². The van der Waals surface area contributed by atoms with Gasteiger partial charge in [0.15, 0.2) is 0 Å². The van der Waals surface area contributed by atoms with E-state index in [0.29, 0.717) is 6.54 Å². The van der Waals surface area contributed by atoms with Gasteiger partial charge in [-0.05, 0) is 25.1 Å². The monoisotopic (exact) mass is 251 g/mol. The molecule has 1 N–H and O–H groups in total. The molecule has 1 aromatic rings. The van der Waals surface area contributed by atoms with Crippen LogP contribution >= 0.6 is 0 Å². The van der Waals surface area contributed by atoms with Gasteiger partial charge < -0.3 is 14.7 Å². The molecule has 4 nitrogen and oxygen atoms in total. The summed E-state index contributed by atoms with van der Waals surface area (Å²) in [5.74, 6) is -0.205. The molecule has 0 amide bonds. The largest absolute Gasteiger partial charge is 0.496 e. The van der Waals surface area contributed by atoms with Gasteiger partial charge in [-0.1, -0.05) is 25.1 Å². The van der Waals surface area contributed by atoms with Gasteiger partial charge in [0, 0.05) is 13.1 Å². The zero-order chi connectivity index (χ0) is 13.5. The van der Waals surface area contributed by atoms with Crippen LogP contribution in [0, 0.1) is 5.92 Å². The highest BCUT2D eigenvalue weighted by atomic mass is 16.5. The van der Waals surface area contributed by atoms with Crippen molar-refractivity contribution in [2.24, 2.45) is 5.92 Å². The molecule has 1 unspecified atom stereocenters. The van der Waals surface area contributed by atoms with Gasteiger partial charge in [0.05, 0.1) is 13.0 Å². The Balaban J connectivity index is 2.47. The van der Waals surface area contributed by atoms with Gasteiger partial charge in [-0.2, -0.15) is 0 Å². The lowest BCUT2D eigenvalue weighted by Crippen LogP contribution is -2.30.